The number of hydrogen-bond acceptors (Lipinski definition) is 5. The highest BCUT2D eigenvalue weighted by Gasteiger charge is 2.19. The molecule has 2 aromatic heterocycles. The third-order valence-corrected chi connectivity index (χ3v) is 5.09. The third-order valence-electron chi connectivity index (χ3n) is 5.09. The lowest BCUT2D eigenvalue weighted by molar-refractivity contribution is -0.117. The predicted octanol–water partition coefficient (Wildman–Crippen LogP) is 2.11. The van der Waals surface area contributed by atoms with Crippen LogP contribution in [0.25, 0.3) is 16.9 Å². The summed E-state index contributed by atoms with van der Waals surface area (Å²) in [4.78, 5) is 15.7. The Kier molecular flexibility index (Phi) is 4.77. The number of carbonyl (C=O) groups excluding carboxylic acids is 1. The summed E-state index contributed by atoms with van der Waals surface area (Å²) in [7, 11) is 0. The Hall–Kier alpha value is -2.93. The highest BCUT2D eigenvalue weighted by atomic mass is 16.1. The first-order valence-corrected chi connectivity index (χ1v) is 9.33. The molecular weight excluding hydrogens is 340 g/mol. The molecule has 0 aliphatic heterocycles. The minimum Gasteiger partial charge on any atom is -0.369 e. The summed E-state index contributed by atoms with van der Waals surface area (Å²) in [5.41, 5.74) is 14.8. The van der Waals surface area contributed by atoms with Crippen LogP contribution in [0.3, 0.4) is 0 Å². The smallest absolute Gasteiger partial charge is 0.221 e. The number of primary amides is 1. The van der Waals surface area contributed by atoms with E-state index < -0.39 is 0 Å². The first-order chi connectivity index (χ1) is 13.1. The SMILES string of the molecule is NC(=O)Cc1cccc(-c2cnc3ccc(NC4CCC(N)CC4)nn23)c1. The van der Waals surface area contributed by atoms with Crippen molar-refractivity contribution in [3.8, 4) is 11.3 Å². The highest BCUT2D eigenvalue weighted by molar-refractivity contribution is 5.77. The molecule has 1 aliphatic carbocycles. The molecule has 0 unspecified atom stereocenters. The molecule has 4 rings (SSSR count). The molecule has 0 radical (unpaired) electrons. The van der Waals surface area contributed by atoms with Crippen molar-refractivity contribution in [1.29, 1.82) is 0 Å². The number of benzene rings is 1. The number of aromatic nitrogens is 3. The Morgan fingerprint density at radius 2 is 2.00 bits per heavy atom. The van der Waals surface area contributed by atoms with Crippen LogP contribution in [0.15, 0.2) is 42.6 Å². The van der Waals surface area contributed by atoms with Gasteiger partial charge in [0.25, 0.3) is 0 Å². The summed E-state index contributed by atoms with van der Waals surface area (Å²) in [5.74, 6) is 0.484. The second-order valence-corrected chi connectivity index (χ2v) is 7.23. The average molecular weight is 364 g/mol. The number of amides is 1. The Balaban J connectivity index is 1.61. The minimum atomic E-state index is -0.345. The quantitative estimate of drug-likeness (QED) is 0.642. The van der Waals surface area contributed by atoms with Crippen molar-refractivity contribution in [1.82, 2.24) is 14.6 Å². The van der Waals surface area contributed by atoms with Gasteiger partial charge in [0.15, 0.2) is 5.65 Å². The zero-order valence-corrected chi connectivity index (χ0v) is 15.1. The molecule has 0 bridgehead atoms. The molecule has 140 valence electrons. The standard InChI is InChI=1S/C20H24N6O/c21-15-4-6-16(7-5-15)24-19-8-9-20-23-12-17(26(20)25-19)14-3-1-2-13(10-14)11-18(22)27/h1-3,8-10,12,15-16H,4-7,11,21H2,(H2,22,27)(H,24,25). The maximum Gasteiger partial charge on any atom is 0.221 e. The van der Waals surface area contributed by atoms with Gasteiger partial charge >= 0.3 is 0 Å². The van der Waals surface area contributed by atoms with Crippen LogP contribution in [0, 0.1) is 0 Å². The maximum absolute atomic E-state index is 11.2. The number of anilines is 1. The summed E-state index contributed by atoms with van der Waals surface area (Å²) >= 11 is 0. The summed E-state index contributed by atoms with van der Waals surface area (Å²) in [6.45, 7) is 0. The van der Waals surface area contributed by atoms with Crippen molar-refractivity contribution < 1.29 is 4.79 Å². The van der Waals surface area contributed by atoms with Crippen molar-refractivity contribution in [2.75, 3.05) is 5.32 Å². The molecule has 1 amide bonds. The number of fused-ring (bicyclic) bond motifs is 1. The maximum atomic E-state index is 11.2. The number of rotatable bonds is 5. The highest BCUT2D eigenvalue weighted by Crippen LogP contribution is 2.24. The second kappa shape index (κ2) is 7.36. The third kappa shape index (κ3) is 3.93. The van der Waals surface area contributed by atoms with Crippen LogP contribution in [-0.2, 0) is 11.2 Å². The first kappa shape index (κ1) is 17.5. The fourth-order valence-electron chi connectivity index (χ4n) is 3.66. The molecule has 7 heteroatoms. The van der Waals surface area contributed by atoms with Gasteiger partial charge < -0.3 is 16.8 Å². The van der Waals surface area contributed by atoms with E-state index in [2.05, 4.69) is 10.3 Å². The van der Waals surface area contributed by atoms with E-state index in [9.17, 15) is 4.79 Å². The molecule has 1 aliphatic rings. The molecule has 0 saturated heterocycles. The Morgan fingerprint density at radius 1 is 1.19 bits per heavy atom. The topological polar surface area (TPSA) is 111 Å². The van der Waals surface area contributed by atoms with E-state index in [0.717, 1.165) is 54.0 Å². The number of hydrogen-bond donors (Lipinski definition) is 3. The molecule has 1 aromatic carbocycles. The molecule has 27 heavy (non-hydrogen) atoms. The summed E-state index contributed by atoms with van der Waals surface area (Å²) in [5, 5.41) is 8.26. The number of nitrogens with zero attached hydrogens (tertiary/aromatic N) is 3. The summed E-state index contributed by atoms with van der Waals surface area (Å²) in [6.07, 6.45) is 6.23. The fraction of sp³-hybridized carbons (Fsp3) is 0.350. The van der Waals surface area contributed by atoms with Crippen molar-refractivity contribution in [2.24, 2.45) is 11.5 Å². The second-order valence-electron chi connectivity index (χ2n) is 7.23. The molecule has 2 heterocycles. The van der Waals surface area contributed by atoms with Gasteiger partial charge in [-0.2, -0.15) is 0 Å². The van der Waals surface area contributed by atoms with Crippen LogP contribution in [0.2, 0.25) is 0 Å². The van der Waals surface area contributed by atoms with E-state index in [1.165, 1.54) is 0 Å². The Bertz CT molecular complexity index is 958. The van der Waals surface area contributed by atoms with Crippen molar-refractivity contribution in [3.05, 3.63) is 48.2 Å². The van der Waals surface area contributed by atoms with Crippen LogP contribution in [-0.4, -0.2) is 32.6 Å². The molecule has 3 aromatic rings. The summed E-state index contributed by atoms with van der Waals surface area (Å²) < 4.78 is 1.83. The van der Waals surface area contributed by atoms with Crippen LogP contribution in [0.1, 0.15) is 31.2 Å². The van der Waals surface area contributed by atoms with E-state index in [1.807, 2.05) is 40.9 Å². The summed E-state index contributed by atoms with van der Waals surface area (Å²) in [6, 6.07) is 12.4. The predicted molar refractivity (Wildman–Crippen MR) is 105 cm³/mol. The normalized spacial score (nSPS) is 19.9. The zero-order valence-electron chi connectivity index (χ0n) is 15.1. The Labute approximate surface area is 157 Å². The molecular formula is C20H24N6O. The van der Waals surface area contributed by atoms with Crippen LogP contribution >= 0.6 is 0 Å². The number of carbonyl (C=O) groups is 1. The van der Waals surface area contributed by atoms with Gasteiger partial charge in [0.05, 0.1) is 18.3 Å². The molecule has 7 nitrogen and oxygen atoms in total. The van der Waals surface area contributed by atoms with Gasteiger partial charge in [-0.1, -0.05) is 18.2 Å². The Morgan fingerprint density at radius 3 is 2.78 bits per heavy atom. The van der Waals surface area contributed by atoms with Crippen LogP contribution < -0.4 is 16.8 Å². The van der Waals surface area contributed by atoms with Crippen LogP contribution in [0.5, 0.6) is 0 Å². The number of nitrogens with one attached hydrogen (secondary N) is 1. The molecule has 5 N–H and O–H groups in total. The van der Waals surface area contributed by atoms with Gasteiger partial charge in [0.1, 0.15) is 5.82 Å². The molecule has 0 atom stereocenters. The largest absolute Gasteiger partial charge is 0.369 e. The van der Waals surface area contributed by atoms with Gasteiger partial charge in [0, 0.05) is 17.6 Å². The van der Waals surface area contributed by atoms with Gasteiger partial charge in [-0.05, 0) is 49.4 Å². The van der Waals surface area contributed by atoms with E-state index in [0.29, 0.717) is 12.1 Å². The average Bonchev–Trinajstić information content (AvgIpc) is 3.06. The molecule has 1 fully saturated rings. The molecule has 0 spiro atoms. The van der Waals surface area contributed by atoms with E-state index in [-0.39, 0.29) is 12.3 Å². The fourth-order valence-corrected chi connectivity index (χ4v) is 3.66. The van der Waals surface area contributed by atoms with Gasteiger partial charge in [-0.25, -0.2) is 9.50 Å². The van der Waals surface area contributed by atoms with Gasteiger partial charge in [-0.3, -0.25) is 4.79 Å². The van der Waals surface area contributed by atoms with E-state index in [4.69, 9.17) is 16.6 Å². The van der Waals surface area contributed by atoms with Gasteiger partial charge in [-0.15, -0.1) is 5.10 Å². The van der Waals surface area contributed by atoms with Gasteiger partial charge in [0.2, 0.25) is 5.91 Å². The molecule has 1 saturated carbocycles. The minimum absolute atomic E-state index is 0.217. The lowest BCUT2D eigenvalue weighted by Gasteiger charge is -2.27. The van der Waals surface area contributed by atoms with Crippen molar-refractivity contribution >= 4 is 17.4 Å². The zero-order chi connectivity index (χ0) is 18.8. The number of nitrogens with two attached hydrogens (primary N) is 2. The van der Waals surface area contributed by atoms with Crippen molar-refractivity contribution in [3.63, 3.8) is 0 Å². The van der Waals surface area contributed by atoms with E-state index in [1.54, 1.807) is 6.20 Å². The lowest BCUT2D eigenvalue weighted by Crippen LogP contribution is -2.33. The number of imidazole rings is 1. The van der Waals surface area contributed by atoms with E-state index >= 15 is 0 Å². The lowest BCUT2D eigenvalue weighted by atomic mass is 9.92. The first-order valence-electron chi connectivity index (χ1n) is 9.33. The van der Waals surface area contributed by atoms with Crippen molar-refractivity contribution in [2.45, 2.75) is 44.2 Å². The van der Waals surface area contributed by atoms with Crippen LogP contribution in [0.4, 0.5) is 5.82 Å². The monoisotopic (exact) mass is 364 g/mol.